The molecule has 1 saturated carbocycles. The third kappa shape index (κ3) is 3.44. The van der Waals surface area contributed by atoms with E-state index in [0.29, 0.717) is 0 Å². The Morgan fingerprint density at radius 3 is 1.73 bits per heavy atom. The Balaban J connectivity index is 1.64. The van der Waals surface area contributed by atoms with Crippen LogP contribution < -0.4 is 0 Å². The van der Waals surface area contributed by atoms with E-state index in [0.717, 1.165) is 35.5 Å². The molecule has 0 atom stereocenters. The van der Waals surface area contributed by atoms with Crippen LogP contribution in [0.2, 0.25) is 0 Å². The van der Waals surface area contributed by atoms with Crippen LogP contribution in [0.5, 0.6) is 0 Å². The molecule has 0 unspecified atom stereocenters. The minimum Gasteiger partial charge on any atom is -0.465 e. The smallest absolute Gasteiger partial charge is 0.185 e. The molecule has 0 aromatic carbocycles. The molecule has 0 saturated heterocycles. The Morgan fingerprint density at radius 1 is 0.818 bits per heavy atom. The molecule has 1 aliphatic rings. The van der Waals surface area contributed by atoms with E-state index in [9.17, 15) is 4.79 Å². The molecule has 2 heterocycles. The minimum absolute atomic E-state index is 0.119. The number of Topliss-reactive ketones (excluding diaryl/α,β-unsaturated/α-hetero) is 1. The maximum atomic E-state index is 12.2. The van der Waals surface area contributed by atoms with Gasteiger partial charge in [-0.25, -0.2) is 0 Å². The van der Waals surface area contributed by atoms with Crippen LogP contribution in [0.1, 0.15) is 24.4 Å². The molecule has 0 radical (unpaired) electrons. The van der Waals surface area contributed by atoms with Crippen LogP contribution in [0.3, 0.4) is 0 Å². The number of carbonyl (C=O) groups excluding carboxylic acids is 1. The zero-order valence-electron chi connectivity index (χ0n) is 12.1. The predicted molar refractivity (Wildman–Crippen MR) is 85.9 cm³/mol. The summed E-state index contributed by atoms with van der Waals surface area (Å²) in [6.45, 7) is 0. The summed E-state index contributed by atoms with van der Waals surface area (Å²) in [7, 11) is 0. The van der Waals surface area contributed by atoms with E-state index < -0.39 is 0 Å². The molecule has 0 bridgehead atoms. The van der Waals surface area contributed by atoms with Gasteiger partial charge in [-0.3, -0.25) is 4.79 Å². The molecule has 3 rings (SSSR count). The first kappa shape index (κ1) is 14.1. The highest BCUT2D eigenvalue weighted by molar-refractivity contribution is 6.11. The van der Waals surface area contributed by atoms with Gasteiger partial charge in [0, 0.05) is 11.1 Å². The maximum absolute atomic E-state index is 12.2. The summed E-state index contributed by atoms with van der Waals surface area (Å²) in [4.78, 5) is 12.2. The van der Waals surface area contributed by atoms with Crippen molar-refractivity contribution in [3.8, 4) is 0 Å². The molecule has 3 heteroatoms. The fourth-order valence-electron chi connectivity index (χ4n) is 2.31. The summed E-state index contributed by atoms with van der Waals surface area (Å²) >= 11 is 0. The van der Waals surface area contributed by atoms with Gasteiger partial charge in [-0.2, -0.15) is 0 Å². The van der Waals surface area contributed by atoms with Crippen LogP contribution in [0.25, 0.3) is 12.2 Å². The Labute approximate surface area is 128 Å². The highest BCUT2D eigenvalue weighted by Gasteiger charge is 2.21. The summed E-state index contributed by atoms with van der Waals surface area (Å²) in [6.07, 6.45) is 15.9. The SMILES string of the molecule is O=C1/C(=C/C=C/c2ccco2)CC/C1=C\C=C\c1ccco1. The second-order valence-corrected chi connectivity index (χ2v) is 4.96. The molecule has 2 aromatic rings. The Kier molecular flexibility index (Phi) is 4.35. The molecular formula is C19H16O3. The normalized spacial score (nSPS) is 19.4. The highest BCUT2D eigenvalue weighted by atomic mass is 16.3. The molecule has 0 N–H and O–H groups in total. The lowest BCUT2D eigenvalue weighted by Crippen LogP contribution is -1.94. The molecule has 110 valence electrons. The number of carbonyl (C=O) groups is 1. The summed E-state index contributed by atoms with van der Waals surface area (Å²) in [5.74, 6) is 1.67. The molecule has 0 aliphatic heterocycles. The van der Waals surface area contributed by atoms with Crippen molar-refractivity contribution in [3.63, 3.8) is 0 Å². The number of hydrogen-bond acceptors (Lipinski definition) is 3. The Morgan fingerprint density at radius 2 is 1.32 bits per heavy atom. The van der Waals surface area contributed by atoms with Crippen molar-refractivity contribution in [2.24, 2.45) is 0 Å². The summed E-state index contributed by atoms with van der Waals surface area (Å²) < 4.78 is 10.4. The van der Waals surface area contributed by atoms with Gasteiger partial charge >= 0.3 is 0 Å². The van der Waals surface area contributed by atoms with Gasteiger partial charge in [0.1, 0.15) is 11.5 Å². The first-order chi connectivity index (χ1) is 10.8. The lowest BCUT2D eigenvalue weighted by Gasteiger charge is -1.91. The fraction of sp³-hybridized carbons (Fsp3) is 0.105. The zero-order valence-corrected chi connectivity index (χ0v) is 12.1. The van der Waals surface area contributed by atoms with Crippen molar-refractivity contribution >= 4 is 17.9 Å². The summed E-state index contributed by atoms with van der Waals surface area (Å²) in [5.41, 5.74) is 1.67. The van der Waals surface area contributed by atoms with Crippen molar-refractivity contribution in [1.82, 2.24) is 0 Å². The lowest BCUT2D eigenvalue weighted by molar-refractivity contribution is -0.111. The topological polar surface area (TPSA) is 43.4 Å². The first-order valence-corrected chi connectivity index (χ1v) is 7.19. The van der Waals surface area contributed by atoms with Crippen LogP contribution in [0.15, 0.2) is 81.1 Å². The Hall–Kier alpha value is -2.81. The average molecular weight is 292 g/mol. The minimum atomic E-state index is 0.119. The molecule has 0 amide bonds. The largest absolute Gasteiger partial charge is 0.465 e. The Bertz CT molecular complexity index is 674. The van der Waals surface area contributed by atoms with Gasteiger partial charge < -0.3 is 8.83 Å². The fourth-order valence-corrected chi connectivity index (χ4v) is 2.31. The second kappa shape index (κ2) is 6.76. The van der Waals surface area contributed by atoms with Gasteiger partial charge in [0.25, 0.3) is 0 Å². The third-order valence-electron chi connectivity index (χ3n) is 3.45. The lowest BCUT2D eigenvalue weighted by atomic mass is 10.1. The quantitative estimate of drug-likeness (QED) is 0.759. The third-order valence-corrected chi connectivity index (χ3v) is 3.45. The summed E-state index contributed by atoms with van der Waals surface area (Å²) in [5, 5.41) is 0. The van der Waals surface area contributed by atoms with Gasteiger partial charge in [-0.15, -0.1) is 0 Å². The van der Waals surface area contributed by atoms with Gasteiger partial charge in [0.2, 0.25) is 0 Å². The first-order valence-electron chi connectivity index (χ1n) is 7.19. The number of furan rings is 2. The molecule has 22 heavy (non-hydrogen) atoms. The van der Waals surface area contributed by atoms with Gasteiger partial charge in [-0.1, -0.05) is 24.3 Å². The van der Waals surface area contributed by atoms with E-state index in [4.69, 9.17) is 8.83 Å². The van der Waals surface area contributed by atoms with Crippen LogP contribution in [-0.2, 0) is 4.79 Å². The van der Waals surface area contributed by atoms with Crippen molar-refractivity contribution in [2.75, 3.05) is 0 Å². The number of ketones is 1. The highest BCUT2D eigenvalue weighted by Crippen LogP contribution is 2.26. The number of allylic oxidation sites excluding steroid dienone is 6. The van der Waals surface area contributed by atoms with Gasteiger partial charge in [0.15, 0.2) is 5.78 Å². The average Bonchev–Trinajstić information content (AvgIpc) is 3.25. The van der Waals surface area contributed by atoms with Crippen LogP contribution >= 0.6 is 0 Å². The molecule has 1 fully saturated rings. The molecule has 0 spiro atoms. The predicted octanol–water partition coefficient (Wildman–Crippen LogP) is 4.81. The van der Waals surface area contributed by atoms with Crippen molar-refractivity contribution in [3.05, 3.63) is 83.8 Å². The molecule has 3 nitrogen and oxygen atoms in total. The zero-order chi connectivity index (χ0) is 15.2. The van der Waals surface area contributed by atoms with E-state index in [1.54, 1.807) is 12.5 Å². The van der Waals surface area contributed by atoms with E-state index in [-0.39, 0.29) is 5.78 Å². The van der Waals surface area contributed by atoms with Crippen molar-refractivity contribution < 1.29 is 13.6 Å². The van der Waals surface area contributed by atoms with Crippen molar-refractivity contribution in [1.29, 1.82) is 0 Å². The van der Waals surface area contributed by atoms with Crippen LogP contribution in [0, 0.1) is 0 Å². The number of rotatable bonds is 4. The monoisotopic (exact) mass is 292 g/mol. The molecule has 1 aliphatic carbocycles. The van der Waals surface area contributed by atoms with E-state index in [1.807, 2.05) is 60.7 Å². The van der Waals surface area contributed by atoms with E-state index >= 15 is 0 Å². The maximum Gasteiger partial charge on any atom is 0.185 e. The number of hydrogen-bond donors (Lipinski definition) is 0. The van der Waals surface area contributed by atoms with Crippen LogP contribution in [0.4, 0.5) is 0 Å². The van der Waals surface area contributed by atoms with E-state index in [2.05, 4.69) is 0 Å². The summed E-state index contributed by atoms with van der Waals surface area (Å²) in [6, 6.07) is 7.41. The molecule has 2 aromatic heterocycles. The van der Waals surface area contributed by atoms with Crippen molar-refractivity contribution in [2.45, 2.75) is 12.8 Å². The van der Waals surface area contributed by atoms with E-state index in [1.165, 1.54) is 0 Å². The molecular weight excluding hydrogens is 276 g/mol. The van der Waals surface area contributed by atoms with Gasteiger partial charge in [0.05, 0.1) is 12.5 Å². The standard InChI is InChI=1S/C19H16O3/c20-19-15(5-1-7-17-9-3-13-21-17)11-12-16(19)6-2-8-18-10-4-14-22-18/h1-10,13-14H,11-12H2/b7-1+,8-2+,15-5+,16-6+. The van der Waals surface area contributed by atoms with Crippen LogP contribution in [-0.4, -0.2) is 5.78 Å². The van der Waals surface area contributed by atoms with Gasteiger partial charge in [-0.05, 0) is 49.3 Å². The second-order valence-electron chi connectivity index (χ2n) is 4.96.